The highest BCUT2D eigenvalue weighted by Crippen LogP contribution is 2.27. The van der Waals surface area contributed by atoms with Crippen molar-refractivity contribution in [3.8, 4) is 0 Å². The summed E-state index contributed by atoms with van der Waals surface area (Å²) >= 11 is 0. The second-order valence-electron chi connectivity index (χ2n) is 5.82. The normalized spacial score (nSPS) is 26.0. The van der Waals surface area contributed by atoms with Gasteiger partial charge >= 0.3 is 6.18 Å². The lowest BCUT2D eigenvalue weighted by Gasteiger charge is -2.48. The lowest BCUT2D eigenvalue weighted by atomic mass is 9.87. The maximum Gasteiger partial charge on any atom is 0.411 e. The van der Waals surface area contributed by atoms with Crippen molar-refractivity contribution in [2.45, 2.75) is 51.4 Å². The predicted molar refractivity (Wildman–Crippen MR) is 69.5 cm³/mol. The summed E-state index contributed by atoms with van der Waals surface area (Å²) in [7, 11) is 0. The highest BCUT2D eigenvalue weighted by Gasteiger charge is 2.51. The van der Waals surface area contributed by atoms with Crippen LogP contribution in [0.25, 0.3) is 0 Å². The SMILES string of the molecule is CCC1(C)NC(=O)C(C)(C)N(CCOCC(F)(F)F)C1=O. The number of ether oxygens (including phenoxy) is 1. The molecular formula is C13H21F3N2O3. The first kappa shape index (κ1) is 17.7. The number of carbonyl (C=O) groups is 2. The number of halogens is 3. The molecule has 1 heterocycles. The molecule has 0 aromatic heterocycles. The summed E-state index contributed by atoms with van der Waals surface area (Å²) in [6.07, 6.45) is -4.01. The Bertz CT molecular complexity index is 423. The van der Waals surface area contributed by atoms with Crippen molar-refractivity contribution in [3.05, 3.63) is 0 Å². The molecule has 0 bridgehead atoms. The Kier molecular flexibility index (Phi) is 4.92. The van der Waals surface area contributed by atoms with Crippen LogP contribution in [0.5, 0.6) is 0 Å². The first-order valence-electron chi connectivity index (χ1n) is 6.73. The maximum atomic E-state index is 12.5. The van der Waals surface area contributed by atoms with E-state index in [2.05, 4.69) is 10.1 Å². The molecule has 0 saturated carbocycles. The molecule has 1 fully saturated rings. The van der Waals surface area contributed by atoms with E-state index in [-0.39, 0.29) is 25.0 Å². The molecule has 0 spiro atoms. The molecule has 0 aromatic carbocycles. The van der Waals surface area contributed by atoms with Crippen LogP contribution >= 0.6 is 0 Å². The van der Waals surface area contributed by atoms with Crippen molar-refractivity contribution in [2.75, 3.05) is 19.8 Å². The van der Waals surface area contributed by atoms with E-state index < -0.39 is 23.9 Å². The second-order valence-corrected chi connectivity index (χ2v) is 5.82. The summed E-state index contributed by atoms with van der Waals surface area (Å²) in [6, 6.07) is 0. The van der Waals surface area contributed by atoms with E-state index in [1.54, 1.807) is 27.7 Å². The fourth-order valence-corrected chi connectivity index (χ4v) is 2.10. The van der Waals surface area contributed by atoms with E-state index in [0.29, 0.717) is 6.42 Å². The van der Waals surface area contributed by atoms with E-state index in [9.17, 15) is 22.8 Å². The van der Waals surface area contributed by atoms with Crippen LogP contribution in [0.4, 0.5) is 13.2 Å². The molecular weight excluding hydrogens is 289 g/mol. The maximum absolute atomic E-state index is 12.5. The molecule has 0 aromatic rings. The average molecular weight is 310 g/mol. The van der Waals surface area contributed by atoms with Crippen molar-refractivity contribution >= 4 is 11.8 Å². The van der Waals surface area contributed by atoms with Gasteiger partial charge in [-0.2, -0.15) is 13.2 Å². The summed E-state index contributed by atoms with van der Waals surface area (Å²) in [6.45, 7) is 4.76. The molecule has 0 aliphatic carbocycles. The van der Waals surface area contributed by atoms with Gasteiger partial charge in [-0.25, -0.2) is 0 Å². The fraction of sp³-hybridized carbons (Fsp3) is 0.846. The molecule has 1 atom stereocenters. The zero-order valence-electron chi connectivity index (χ0n) is 12.6. The average Bonchev–Trinajstić information content (AvgIpc) is 2.34. The van der Waals surface area contributed by atoms with Crippen molar-refractivity contribution in [3.63, 3.8) is 0 Å². The topological polar surface area (TPSA) is 58.6 Å². The summed E-state index contributed by atoms with van der Waals surface area (Å²) in [5, 5.41) is 2.68. The van der Waals surface area contributed by atoms with Gasteiger partial charge in [0, 0.05) is 6.54 Å². The molecule has 1 aliphatic heterocycles. The van der Waals surface area contributed by atoms with Crippen molar-refractivity contribution in [2.24, 2.45) is 0 Å². The van der Waals surface area contributed by atoms with E-state index in [1.807, 2.05) is 0 Å². The van der Waals surface area contributed by atoms with Gasteiger partial charge < -0.3 is 15.0 Å². The van der Waals surface area contributed by atoms with E-state index in [0.717, 1.165) is 0 Å². The lowest BCUT2D eigenvalue weighted by molar-refractivity contribution is -0.178. The second kappa shape index (κ2) is 5.82. The van der Waals surface area contributed by atoms with Gasteiger partial charge in [-0.05, 0) is 27.2 Å². The third kappa shape index (κ3) is 3.87. The Hall–Kier alpha value is -1.31. The van der Waals surface area contributed by atoms with Crippen molar-refractivity contribution in [1.82, 2.24) is 10.2 Å². The van der Waals surface area contributed by atoms with E-state index in [1.165, 1.54) is 4.90 Å². The molecule has 21 heavy (non-hydrogen) atoms. The summed E-state index contributed by atoms with van der Waals surface area (Å²) < 4.78 is 40.6. The van der Waals surface area contributed by atoms with Crippen LogP contribution in [0.15, 0.2) is 0 Å². The molecule has 5 nitrogen and oxygen atoms in total. The molecule has 2 amide bonds. The molecule has 1 unspecified atom stereocenters. The largest absolute Gasteiger partial charge is 0.411 e. The highest BCUT2D eigenvalue weighted by atomic mass is 19.4. The van der Waals surface area contributed by atoms with Crippen LogP contribution in [0.1, 0.15) is 34.1 Å². The zero-order valence-corrected chi connectivity index (χ0v) is 12.6. The summed E-state index contributed by atoms with van der Waals surface area (Å²) in [5.74, 6) is -0.646. The monoisotopic (exact) mass is 310 g/mol. The minimum Gasteiger partial charge on any atom is -0.370 e. The molecule has 1 N–H and O–H groups in total. The summed E-state index contributed by atoms with van der Waals surface area (Å²) in [5.41, 5.74) is -2.15. The number of amides is 2. The first-order valence-corrected chi connectivity index (χ1v) is 6.73. The van der Waals surface area contributed by atoms with Crippen LogP contribution < -0.4 is 5.32 Å². The van der Waals surface area contributed by atoms with Crippen LogP contribution in [-0.4, -0.2) is 53.7 Å². The standard InChI is InChI=1S/C13H21F3N2O3/c1-5-12(4)10(20)18(11(2,3)9(19)17-12)6-7-21-8-13(14,15)16/h5-8H2,1-4H3,(H,17,19). The molecule has 122 valence electrons. The van der Waals surface area contributed by atoms with Gasteiger partial charge in [0.25, 0.3) is 0 Å². The highest BCUT2D eigenvalue weighted by molar-refractivity contribution is 6.01. The zero-order chi connectivity index (χ0) is 16.5. The minimum atomic E-state index is -4.41. The van der Waals surface area contributed by atoms with E-state index >= 15 is 0 Å². The van der Waals surface area contributed by atoms with Crippen molar-refractivity contribution in [1.29, 1.82) is 0 Å². The minimum absolute atomic E-state index is 0.0646. The Balaban J connectivity index is 2.76. The van der Waals surface area contributed by atoms with Crippen LogP contribution in [0, 0.1) is 0 Å². The molecule has 0 radical (unpaired) electrons. The van der Waals surface area contributed by atoms with Crippen molar-refractivity contribution < 1.29 is 27.5 Å². The number of nitrogens with one attached hydrogen (secondary N) is 1. The Labute approximate surface area is 121 Å². The smallest absolute Gasteiger partial charge is 0.370 e. The Morgan fingerprint density at radius 2 is 1.81 bits per heavy atom. The summed E-state index contributed by atoms with van der Waals surface area (Å²) in [4.78, 5) is 25.9. The molecule has 1 saturated heterocycles. The number of carbonyl (C=O) groups excluding carboxylic acids is 2. The van der Waals surface area contributed by atoms with Gasteiger partial charge in [-0.3, -0.25) is 9.59 Å². The predicted octanol–water partition coefficient (Wildman–Crippen LogP) is 1.47. The lowest BCUT2D eigenvalue weighted by Crippen LogP contribution is -2.73. The Morgan fingerprint density at radius 3 is 2.29 bits per heavy atom. The Morgan fingerprint density at radius 1 is 1.24 bits per heavy atom. The number of rotatable bonds is 5. The molecule has 1 rings (SSSR count). The first-order chi connectivity index (χ1) is 9.44. The van der Waals surface area contributed by atoms with Crippen LogP contribution in [-0.2, 0) is 14.3 Å². The quantitative estimate of drug-likeness (QED) is 0.782. The number of hydrogen-bond donors (Lipinski definition) is 1. The van der Waals surface area contributed by atoms with Gasteiger partial charge in [-0.15, -0.1) is 0 Å². The number of alkyl halides is 3. The number of hydrogen-bond acceptors (Lipinski definition) is 3. The van der Waals surface area contributed by atoms with Gasteiger partial charge in [0.1, 0.15) is 17.7 Å². The van der Waals surface area contributed by atoms with E-state index in [4.69, 9.17) is 0 Å². The van der Waals surface area contributed by atoms with Gasteiger partial charge in [0.2, 0.25) is 11.8 Å². The third-order valence-corrected chi connectivity index (χ3v) is 3.77. The third-order valence-electron chi connectivity index (χ3n) is 3.77. The van der Waals surface area contributed by atoms with Gasteiger partial charge in [-0.1, -0.05) is 6.92 Å². The fourth-order valence-electron chi connectivity index (χ4n) is 2.10. The van der Waals surface area contributed by atoms with Gasteiger partial charge in [0.15, 0.2) is 0 Å². The van der Waals surface area contributed by atoms with Gasteiger partial charge in [0.05, 0.1) is 6.61 Å². The molecule has 8 heteroatoms. The number of nitrogens with zero attached hydrogens (tertiary/aromatic N) is 1. The number of piperazine rings is 1. The van der Waals surface area contributed by atoms with Crippen LogP contribution in [0.2, 0.25) is 0 Å². The van der Waals surface area contributed by atoms with Crippen LogP contribution in [0.3, 0.4) is 0 Å². The molecule has 1 aliphatic rings.